The maximum absolute atomic E-state index is 12.8. The van der Waals surface area contributed by atoms with Crippen molar-refractivity contribution in [3.05, 3.63) is 39.8 Å². The SMILES string of the molecule is CCCCOc1ccc(CCC(=O)Nc2sc3c(c2C(=O)OC)CCC(C)C3)cc1OCC. The normalized spacial score (nSPS) is 15.0. The van der Waals surface area contributed by atoms with Crippen molar-refractivity contribution in [1.29, 1.82) is 0 Å². The predicted octanol–water partition coefficient (Wildman–Crippen LogP) is 5.81. The van der Waals surface area contributed by atoms with Crippen LogP contribution in [0.5, 0.6) is 11.5 Å². The lowest BCUT2D eigenvalue weighted by Crippen LogP contribution is -2.16. The molecule has 0 radical (unpaired) electrons. The minimum Gasteiger partial charge on any atom is -0.490 e. The molecule has 3 rings (SSSR count). The van der Waals surface area contributed by atoms with Gasteiger partial charge in [0.25, 0.3) is 0 Å². The number of aryl methyl sites for hydroxylation is 1. The number of ether oxygens (including phenoxy) is 3. The van der Waals surface area contributed by atoms with Gasteiger partial charge in [-0.15, -0.1) is 11.3 Å². The maximum atomic E-state index is 12.8. The van der Waals surface area contributed by atoms with Crippen molar-refractivity contribution in [1.82, 2.24) is 0 Å². The zero-order valence-electron chi connectivity index (χ0n) is 20.1. The second-order valence-electron chi connectivity index (χ2n) is 8.51. The molecule has 1 aliphatic carbocycles. The van der Waals surface area contributed by atoms with Gasteiger partial charge >= 0.3 is 5.97 Å². The second kappa shape index (κ2) is 12.1. The summed E-state index contributed by atoms with van der Waals surface area (Å²) >= 11 is 1.51. The molecule has 0 saturated carbocycles. The molecule has 2 aromatic rings. The molecule has 0 bridgehead atoms. The van der Waals surface area contributed by atoms with Gasteiger partial charge in [0, 0.05) is 11.3 Å². The molecule has 1 N–H and O–H groups in total. The van der Waals surface area contributed by atoms with Gasteiger partial charge < -0.3 is 19.5 Å². The summed E-state index contributed by atoms with van der Waals surface area (Å²) in [5, 5.41) is 3.59. The summed E-state index contributed by atoms with van der Waals surface area (Å²) in [7, 11) is 1.38. The highest BCUT2D eigenvalue weighted by molar-refractivity contribution is 7.17. The molecule has 1 heterocycles. The number of hydrogen-bond acceptors (Lipinski definition) is 6. The van der Waals surface area contributed by atoms with E-state index in [1.54, 1.807) is 0 Å². The van der Waals surface area contributed by atoms with E-state index in [2.05, 4.69) is 19.2 Å². The van der Waals surface area contributed by atoms with Crippen LogP contribution in [0.2, 0.25) is 0 Å². The van der Waals surface area contributed by atoms with Crippen LogP contribution in [0.3, 0.4) is 0 Å². The molecule has 7 heteroatoms. The van der Waals surface area contributed by atoms with E-state index in [1.165, 1.54) is 23.3 Å². The van der Waals surface area contributed by atoms with Crippen molar-refractivity contribution in [3.63, 3.8) is 0 Å². The molecule has 1 aliphatic rings. The molecule has 1 aromatic heterocycles. The number of nitrogens with one attached hydrogen (secondary N) is 1. The number of carbonyl (C=O) groups is 2. The fraction of sp³-hybridized carbons (Fsp3) is 0.538. The van der Waals surface area contributed by atoms with E-state index >= 15 is 0 Å². The monoisotopic (exact) mass is 473 g/mol. The van der Waals surface area contributed by atoms with Gasteiger partial charge in [0.2, 0.25) is 5.91 Å². The van der Waals surface area contributed by atoms with E-state index in [9.17, 15) is 9.59 Å². The van der Waals surface area contributed by atoms with Crippen LogP contribution >= 0.6 is 11.3 Å². The number of carbonyl (C=O) groups excluding carboxylic acids is 2. The highest BCUT2D eigenvalue weighted by Gasteiger charge is 2.28. The molecule has 1 amide bonds. The highest BCUT2D eigenvalue weighted by Crippen LogP contribution is 2.40. The van der Waals surface area contributed by atoms with Crippen LogP contribution < -0.4 is 14.8 Å². The Balaban J connectivity index is 1.67. The van der Waals surface area contributed by atoms with Crippen molar-refractivity contribution < 1.29 is 23.8 Å². The topological polar surface area (TPSA) is 73.9 Å². The first-order valence-corrected chi connectivity index (χ1v) is 12.7. The smallest absolute Gasteiger partial charge is 0.341 e. The summed E-state index contributed by atoms with van der Waals surface area (Å²) in [6, 6.07) is 5.84. The van der Waals surface area contributed by atoms with Gasteiger partial charge in [0.05, 0.1) is 25.9 Å². The van der Waals surface area contributed by atoms with Crippen LogP contribution in [-0.4, -0.2) is 32.2 Å². The molecule has 33 heavy (non-hydrogen) atoms. The standard InChI is InChI=1S/C26H35NO5S/c1-5-7-14-32-20-12-9-18(16-21(20)31-6-2)10-13-23(28)27-25-24(26(29)30-4)19-11-8-17(3)15-22(19)33-25/h9,12,16-17H,5-8,10-11,13-15H2,1-4H3,(H,27,28). The van der Waals surface area contributed by atoms with Gasteiger partial charge in [-0.25, -0.2) is 4.79 Å². The van der Waals surface area contributed by atoms with Crippen molar-refractivity contribution in [3.8, 4) is 11.5 Å². The average Bonchev–Trinajstić information content (AvgIpc) is 3.15. The molecule has 0 fully saturated rings. The molecule has 1 unspecified atom stereocenters. The first-order chi connectivity index (χ1) is 16.0. The number of benzene rings is 1. The third kappa shape index (κ3) is 6.50. The molecule has 1 aromatic carbocycles. The average molecular weight is 474 g/mol. The zero-order chi connectivity index (χ0) is 23.8. The van der Waals surface area contributed by atoms with E-state index in [0.29, 0.717) is 48.3 Å². The molecule has 1 atom stereocenters. The fourth-order valence-electron chi connectivity index (χ4n) is 4.03. The summed E-state index contributed by atoms with van der Waals surface area (Å²) in [4.78, 5) is 26.4. The number of anilines is 1. The predicted molar refractivity (Wildman–Crippen MR) is 132 cm³/mol. The van der Waals surface area contributed by atoms with Gasteiger partial charge in [-0.1, -0.05) is 26.3 Å². The van der Waals surface area contributed by atoms with Crippen LogP contribution in [0.25, 0.3) is 0 Å². The molecule has 6 nitrogen and oxygen atoms in total. The first-order valence-electron chi connectivity index (χ1n) is 11.9. The van der Waals surface area contributed by atoms with Crippen LogP contribution in [0.1, 0.15) is 72.8 Å². The Bertz CT molecular complexity index is 968. The van der Waals surface area contributed by atoms with Crippen LogP contribution in [0.4, 0.5) is 5.00 Å². The summed E-state index contributed by atoms with van der Waals surface area (Å²) in [5.41, 5.74) is 2.58. The number of esters is 1. The van der Waals surface area contributed by atoms with Crippen LogP contribution in [-0.2, 0) is 28.8 Å². The summed E-state index contributed by atoms with van der Waals surface area (Å²) in [6.45, 7) is 7.49. The first kappa shape index (κ1) is 25.1. The van der Waals surface area contributed by atoms with E-state index < -0.39 is 0 Å². The van der Waals surface area contributed by atoms with Crippen molar-refractivity contribution in [2.75, 3.05) is 25.6 Å². The van der Waals surface area contributed by atoms with Gasteiger partial charge in [-0.05, 0) is 68.2 Å². The van der Waals surface area contributed by atoms with Crippen molar-refractivity contribution >= 4 is 28.2 Å². The van der Waals surface area contributed by atoms with Gasteiger partial charge in [-0.2, -0.15) is 0 Å². The van der Waals surface area contributed by atoms with Crippen molar-refractivity contribution in [2.45, 2.75) is 65.7 Å². The minimum atomic E-state index is -0.377. The molecule has 180 valence electrons. The van der Waals surface area contributed by atoms with E-state index in [4.69, 9.17) is 14.2 Å². The molecule has 0 spiro atoms. The highest BCUT2D eigenvalue weighted by atomic mass is 32.1. The third-order valence-electron chi connectivity index (χ3n) is 5.86. The molecule has 0 aliphatic heterocycles. The Hall–Kier alpha value is -2.54. The third-order valence-corrected chi connectivity index (χ3v) is 7.03. The Morgan fingerprint density at radius 1 is 1.18 bits per heavy atom. The number of hydrogen-bond donors (Lipinski definition) is 1. The summed E-state index contributed by atoms with van der Waals surface area (Å²) < 4.78 is 16.6. The number of fused-ring (bicyclic) bond motifs is 1. The van der Waals surface area contributed by atoms with Gasteiger partial charge in [-0.3, -0.25) is 4.79 Å². The number of methoxy groups -OCH3 is 1. The quantitative estimate of drug-likeness (QED) is 0.329. The zero-order valence-corrected chi connectivity index (χ0v) is 20.9. The number of rotatable bonds is 11. The van der Waals surface area contributed by atoms with Crippen LogP contribution in [0, 0.1) is 5.92 Å². The Morgan fingerprint density at radius 2 is 2.00 bits per heavy atom. The van der Waals surface area contributed by atoms with Crippen LogP contribution in [0.15, 0.2) is 18.2 Å². The second-order valence-corrected chi connectivity index (χ2v) is 9.62. The lowest BCUT2D eigenvalue weighted by molar-refractivity contribution is -0.116. The Labute approximate surface area is 200 Å². The minimum absolute atomic E-state index is 0.118. The molecule has 0 saturated heterocycles. The number of thiophene rings is 1. The molecular weight excluding hydrogens is 438 g/mol. The van der Waals surface area contributed by atoms with Gasteiger partial charge in [0.1, 0.15) is 5.00 Å². The lowest BCUT2D eigenvalue weighted by atomic mass is 9.88. The molecular formula is C26H35NO5S. The number of unbranched alkanes of at least 4 members (excludes halogenated alkanes) is 1. The fourth-order valence-corrected chi connectivity index (χ4v) is 5.44. The van der Waals surface area contributed by atoms with Crippen molar-refractivity contribution in [2.24, 2.45) is 5.92 Å². The van der Waals surface area contributed by atoms with E-state index in [-0.39, 0.29) is 11.9 Å². The Kier molecular flexibility index (Phi) is 9.18. The number of amides is 1. The van der Waals surface area contributed by atoms with E-state index in [1.807, 2.05) is 25.1 Å². The van der Waals surface area contributed by atoms with Gasteiger partial charge in [0.15, 0.2) is 11.5 Å². The maximum Gasteiger partial charge on any atom is 0.341 e. The lowest BCUT2D eigenvalue weighted by Gasteiger charge is -2.18. The summed E-state index contributed by atoms with van der Waals surface area (Å²) in [5.74, 6) is 1.53. The summed E-state index contributed by atoms with van der Waals surface area (Å²) in [6.07, 6.45) is 5.76. The van der Waals surface area contributed by atoms with E-state index in [0.717, 1.165) is 49.0 Å². The largest absolute Gasteiger partial charge is 0.490 e. The Morgan fingerprint density at radius 3 is 2.73 bits per heavy atom.